The molecule has 28 heavy (non-hydrogen) atoms. The molecule has 142 valence electrons. The van der Waals surface area contributed by atoms with Crippen molar-refractivity contribution in [1.29, 1.82) is 0 Å². The second kappa shape index (κ2) is 7.43. The monoisotopic (exact) mass is 374 g/mol. The second-order valence-corrected chi connectivity index (χ2v) is 7.31. The molecule has 1 fully saturated rings. The molecule has 0 radical (unpaired) electrons. The lowest BCUT2D eigenvalue weighted by molar-refractivity contribution is -0.138. The first-order chi connectivity index (χ1) is 13.5. The molecule has 1 heterocycles. The summed E-state index contributed by atoms with van der Waals surface area (Å²) < 4.78 is 5.75. The average molecular weight is 374 g/mol. The summed E-state index contributed by atoms with van der Waals surface area (Å²) in [6.07, 6.45) is 1.19. The summed E-state index contributed by atoms with van der Waals surface area (Å²) in [5.74, 6) is -0.380. The first kappa shape index (κ1) is 18.2. The lowest BCUT2D eigenvalue weighted by atomic mass is 10.1. The molecule has 5 heteroatoms. The maximum atomic E-state index is 13.1. The Morgan fingerprint density at radius 2 is 1.71 bits per heavy atom. The van der Waals surface area contributed by atoms with Gasteiger partial charge in [0.05, 0.1) is 11.1 Å². The lowest BCUT2D eigenvalue weighted by Crippen LogP contribution is -2.31. The fraction of sp³-hybridized carbons (Fsp3) is 0.261. The van der Waals surface area contributed by atoms with Crippen LogP contribution in [0.2, 0.25) is 0 Å². The minimum atomic E-state index is -0.986. The first-order valence-corrected chi connectivity index (χ1v) is 9.41. The largest absolute Gasteiger partial charge is 0.444 e. The molecule has 0 aliphatic heterocycles. The number of nitrogens with zero attached hydrogens (tertiary/aromatic N) is 2. The van der Waals surface area contributed by atoms with Crippen LogP contribution < -0.4 is 0 Å². The van der Waals surface area contributed by atoms with E-state index in [1.807, 2.05) is 48.5 Å². The normalized spacial score (nSPS) is 14.5. The van der Waals surface area contributed by atoms with Gasteiger partial charge in [-0.05, 0) is 25.0 Å². The predicted octanol–water partition coefficient (Wildman–Crippen LogP) is 4.10. The molecule has 1 aromatic heterocycles. The zero-order valence-corrected chi connectivity index (χ0v) is 16.0. The number of rotatable bonds is 5. The molecule has 0 saturated heterocycles. The van der Waals surface area contributed by atoms with Crippen LogP contribution in [0.5, 0.6) is 0 Å². The van der Waals surface area contributed by atoms with Gasteiger partial charge in [-0.15, -0.1) is 0 Å². The number of fused-ring (bicyclic) bond motifs is 1. The number of carbonyl (C=O) groups excluding carboxylic acids is 2. The van der Waals surface area contributed by atoms with Crippen molar-refractivity contribution in [3.05, 3.63) is 77.5 Å². The SMILES string of the molecule is CN(C)C(=O)[C@H](OC(=O)c1cc(C2CC2)nc2ccccc12)c1ccccc1. The van der Waals surface area contributed by atoms with Gasteiger partial charge in [-0.3, -0.25) is 9.78 Å². The maximum absolute atomic E-state index is 13.1. The molecule has 3 aromatic rings. The van der Waals surface area contributed by atoms with Crippen LogP contribution in [0.15, 0.2) is 60.7 Å². The van der Waals surface area contributed by atoms with Crippen LogP contribution in [0, 0.1) is 0 Å². The number of benzene rings is 2. The van der Waals surface area contributed by atoms with Gasteiger partial charge in [0.15, 0.2) is 0 Å². The fourth-order valence-corrected chi connectivity index (χ4v) is 3.25. The molecule has 1 saturated carbocycles. The number of carbonyl (C=O) groups is 2. The Morgan fingerprint density at radius 3 is 2.39 bits per heavy atom. The van der Waals surface area contributed by atoms with Crippen LogP contribution in [0.3, 0.4) is 0 Å². The highest BCUT2D eigenvalue weighted by molar-refractivity contribution is 6.04. The summed E-state index contributed by atoms with van der Waals surface area (Å²) in [7, 11) is 3.30. The van der Waals surface area contributed by atoms with Gasteiger partial charge in [-0.2, -0.15) is 0 Å². The highest BCUT2D eigenvalue weighted by atomic mass is 16.5. The molecule has 1 amide bonds. The standard InChI is InChI=1S/C23H22N2O3/c1-25(2)22(26)21(16-8-4-3-5-9-16)28-23(27)18-14-20(15-12-13-15)24-19-11-7-6-10-17(18)19/h3-11,14-15,21H,12-13H2,1-2H3/t21-/m1/s1. The molecule has 0 N–H and O–H groups in total. The number of likely N-dealkylation sites (N-methyl/N-ethyl adjacent to an activating group) is 1. The number of ether oxygens (including phenoxy) is 1. The number of aromatic nitrogens is 1. The summed E-state index contributed by atoms with van der Waals surface area (Å²) in [6.45, 7) is 0. The van der Waals surface area contributed by atoms with Crippen molar-refractivity contribution in [2.45, 2.75) is 24.9 Å². The van der Waals surface area contributed by atoms with Crippen molar-refractivity contribution < 1.29 is 14.3 Å². The minimum absolute atomic E-state index is 0.277. The molecular formula is C23H22N2O3. The van der Waals surface area contributed by atoms with E-state index in [1.165, 1.54) is 4.90 Å². The van der Waals surface area contributed by atoms with E-state index in [4.69, 9.17) is 9.72 Å². The Labute approximate surface area is 163 Å². The van der Waals surface area contributed by atoms with Gasteiger partial charge in [-0.1, -0.05) is 48.5 Å². The highest BCUT2D eigenvalue weighted by Gasteiger charge is 2.30. The molecule has 0 spiro atoms. The fourth-order valence-electron chi connectivity index (χ4n) is 3.25. The maximum Gasteiger partial charge on any atom is 0.340 e. The van der Waals surface area contributed by atoms with Crippen molar-refractivity contribution in [2.75, 3.05) is 14.1 Å². The van der Waals surface area contributed by atoms with Gasteiger partial charge in [0, 0.05) is 36.7 Å². The average Bonchev–Trinajstić information content (AvgIpc) is 3.56. The molecule has 0 bridgehead atoms. The third-order valence-corrected chi connectivity index (χ3v) is 4.94. The zero-order chi connectivity index (χ0) is 19.7. The van der Waals surface area contributed by atoms with E-state index in [9.17, 15) is 9.59 Å². The third-order valence-electron chi connectivity index (χ3n) is 4.94. The summed E-state index contributed by atoms with van der Waals surface area (Å²) in [5, 5.41) is 0.737. The molecule has 1 aliphatic rings. The smallest absolute Gasteiger partial charge is 0.340 e. The Morgan fingerprint density at radius 1 is 1.04 bits per heavy atom. The summed E-state index contributed by atoms with van der Waals surface area (Å²) in [6, 6.07) is 18.5. The predicted molar refractivity (Wildman–Crippen MR) is 107 cm³/mol. The minimum Gasteiger partial charge on any atom is -0.444 e. The summed E-state index contributed by atoms with van der Waals surface area (Å²) in [5.41, 5.74) is 2.80. The van der Waals surface area contributed by atoms with E-state index < -0.39 is 12.1 Å². The van der Waals surface area contributed by atoms with E-state index >= 15 is 0 Å². The van der Waals surface area contributed by atoms with E-state index in [2.05, 4.69) is 0 Å². The number of hydrogen-bond acceptors (Lipinski definition) is 4. The van der Waals surface area contributed by atoms with E-state index in [1.54, 1.807) is 26.2 Å². The topological polar surface area (TPSA) is 59.5 Å². The Kier molecular flexibility index (Phi) is 4.82. The second-order valence-electron chi connectivity index (χ2n) is 7.31. The highest BCUT2D eigenvalue weighted by Crippen LogP contribution is 2.40. The van der Waals surface area contributed by atoms with Crippen molar-refractivity contribution in [1.82, 2.24) is 9.88 Å². The molecule has 1 aliphatic carbocycles. The van der Waals surface area contributed by atoms with Crippen LogP contribution >= 0.6 is 0 Å². The Bertz CT molecular complexity index is 1030. The van der Waals surface area contributed by atoms with E-state index in [-0.39, 0.29) is 5.91 Å². The molecule has 4 rings (SSSR count). The summed E-state index contributed by atoms with van der Waals surface area (Å²) >= 11 is 0. The van der Waals surface area contributed by atoms with Gasteiger partial charge >= 0.3 is 5.97 Å². The lowest BCUT2D eigenvalue weighted by Gasteiger charge is -2.21. The number of esters is 1. The van der Waals surface area contributed by atoms with Crippen LogP contribution in [0.25, 0.3) is 10.9 Å². The van der Waals surface area contributed by atoms with E-state index in [0.717, 1.165) is 29.4 Å². The van der Waals surface area contributed by atoms with Crippen molar-refractivity contribution in [3.63, 3.8) is 0 Å². The third kappa shape index (κ3) is 3.60. The number of para-hydroxylation sites is 1. The number of hydrogen-bond donors (Lipinski definition) is 0. The van der Waals surface area contributed by atoms with E-state index in [0.29, 0.717) is 17.0 Å². The first-order valence-electron chi connectivity index (χ1n) is 9.41. The van der Waals surface area contributed by atoms with Gasteiger partial charge in [0.2, 0.25) is 6.10 Å². The van der Waals surface area contributed by atoms with Gasteiger partial charge in [0.1, 0.15) is 0 Å². The molecule has 5 nitrogen and oxygen atoms in total. The Balaban J connectivity index is 1.72. The van der Waals surface area contributed by atoms with Gasteiger partial charge in [0.25, 0.3) is 5.91 Å². The number of pyridine rings is 1. The van der Waals surface area contributed by atoms with Crippen LogP contribution in [0.1, 0.15) is 46.5 Å². The molecule has 0 unspecified atom stereocenters. The Hall–Kier alpha value is -3.21. The van der Waals surface area contributed by atoms with Crippen LogP contribution in [-0.2, 0) is 9.53 Å². The van der Waals surface area contributed by atoms with Crippen LogP contribution in [-0.4, -0.2) is 35.9 Å². The molecule has 2 aromatic carbocycles. The molecule has 1 atom stereocenters. The van der Waals surface area contributed by atoms with Crippen LogP contribution in [0.4, 0.5) is 0 Å². The summed E-state index contributed by atoms with van der Waals surface area (Å²) in [4.78, 5) is 32.0. The van der Waals surface area contributed by atoms with Crippen molar-refractivity contribution in [2.24, 2.45) is 0 Å². The van der Waals surface area contributed by atoms with Crippen molar-refractivity contribution >= 4 is 22.8 Å². The van der Waals surface area contributed by atoms with Gasteiger partial charge in [-0.25, -0.2) is 4.79 Å². The zero-order valence-electron chi connectivity index (χ0n) is 16.0. The molecular weight excluding hydrogens is 352 g/mol. The van der Waals surface area contributed by atoms with Gasteiger partial charge < -0.3 is 9.64 Å². The quantitative estimate of drug-likeness (QED) is 0.631. The van der Waals surface area contributed by atoms with Crippen molar-refractivity contribution in [3.8, 4) is 0 Å². The number of amides is 1.